The molecule has 0 aliphatic carbocycles. The van der Waals surface area contributed by atoms with Gasteiger partial charge in [-0.2, -0.15) is 0 Å². The van der Waals surface area contributed by atoms with Crippen LogP contribution < -0.4 is 5.73 Å². The molecule has 0 bridgehead atoms. The molecule has 0 aromatic carbocycles. The topological polar surface area (TPSA) is 47.6 Å². The first kappa shape index (κ1) is 6.55. The lowest BCUT2D eigenvalue weighted by atomic mass is 10.2. The van der Waals surface area contributed by atoms with Crippen LogP contribution in [0.2, 0.25) is 0 Å². The molecule has 2 N–H and O–H groups in total. The molecule has 0 aromatic rings. The SMILES string of the molecule is CC(N)CC1=NCCO1. The maximum absolute atomic E-state index is 5.51. The molecule has 0 spiro atoms. The Kier molecular flexibility index (Phi) is 2.05. The van der Waals surface area contributed by atoms with Crippen molar-refractivity contribution in [1.82, 2.24) is 0 Å². The molecule has 0 amide bonds. The Labute approximate surface area is 54.9 Å². The minimum Gasteiger partial charge on any atom is -0.479 e. The predicted octanol–water partition coefficient (Wildman–Crippen LogP) is 0.152. The van der Waals surface area contributed by atoms with E-state index in [1.165, 1.54) is 0 Å². The average Bonchev–Trinajstić information content (AvgIpc) is 2.15. The number of aliphatic imine (C=N–C) groups is 1. The third kappa shape index (κ3) is 2.01. The summed E-state index contributed by atoms with van der Waals surface area (Å²) in [5, 5.41) is 0. The van der Waals surface area contributed by atoms with Crippen LogP contribution in [-0.4, -0.2) is 25.1 Å². The lowest BCUT2D eigenvalue weighted by molar-refractivity contribution is 0.335. The molecule has 1 atom stereocenters. The number of hydrogen-bond donors (Lipinski definition) is 1. The third-order valence-electron chi connectivity index (χ3n) is 1.14. The van der Waals surface area contributed by atoms with Crippen molar-refractivity contribution in [1.29, 1.82) is 0 Å². The molecule has 0 fully saturated rings. The van der Waals surface area contributed by atoms with Crippen LogP contribution in [0, 0.1) is 0 Å². The van der Waals surface area contributed by atoms with Gasteiger partial charge in [-0.05, 0) is 6.92 Å². The average molecular weight is 128 g/mol. The second-order valence-electron chi connectivity index (χ2n) is 2.31. The molecule has 1 aliphatic rings. The van der Waals surface area contributed by atoms with Crippen molar-refractivity contribution in [2.75, 3.05) is 13.2 Å². The minimum atomic E-state index is 0.168. The lowest BCUT2D eigenvalue weighted by Gasteiger charge is -2.02. The van der Waals surface area contributed by atoms with Crippen LogP contribution in [0.15, 0.2) is 4.99 Å². The van der Waals surface area contributed by atoms with Crippen LogP contribution in [0.1, 0.15) is 13.3 Å². The van der Waals surface area contributed by atoms with Gasteiger partial charge in [-0.15, -0.1) is 0 Å². The molecule has 1 rings (SSSR count). The van der Waals surface area contributed by atoms with Gasteiger partial charge in [-0.3, -0.25) is 4.99 Å². The van der Waals surface area contributed by atoms with E-state index in [1.54, 1.807) is 0 Å². The largest absolute Gasteiger partial charge is 0.479 e. The first-order chi connectivity index (χ1) is 4.29. The molecule has 52 valence electrons. The molecule has 3 nitrogen and oxygen atoms in total. The minimum absolute atomic E-state index is 0.168. The second-order valence-corrected chi connectivity index (χ2v) is 2.31. The van der Waals surface area contributed by atoms with Gasteiger partial charge in [0.2, 0.25) is 0 Å². The van der Waals surface area contributed by atoms with Crippen LogP contribution in [0.3, 0.4) is 0 Å². The van der Waals surface area contributed by atoms with Gasteiger partial charge < -0.3 is 10.5 Å². The predicted molar refractivity (Wildman–Crippen MR) is 36.5 cm³/mol. The number of nitrogens with two attached hydrogens (primary N) is 1. The van der Waals surface area contributed by atoms with E-state index < -0.39 is 0 Å². The van der Waals surface area contributed by atoms with Crippen molar-refractivity contribution < 1.29 is 4.74 Å². The maximum atomic E-state index is 5.51. The van der Waals surface area contributed by atoms with Crippen LogP contribution >= 0.6 is 0 Å². The molecular weight excluding hydrogens is 116 g/mol. The molecule has 0 saturated carbocycles. The van der Waals surface area contributed by atoms with Gasteiger partial charge in [-0.25, -0.2) is 0 Å². The van der Waals surface area contributed by atoms with E-state index in [0.717, 1.165) is 25.5 Å². The quantitative estimate of drug-likeness (QED) is 0.575. The Morgan fingerprint density at radius 1 is 1.89 bits per heavy atom. The second kappa shape index (κ2) is 2.82. The first-order valence-electron chi connectivity index (χ1n) is 3.21. The number of nitrogens with zero attached hydrogens (tertiary/aromatic N) is 1. The van der Waals surface area contributed by atoms with Gasteiger partial charge in [0.05, 0.1) is 6.54 Å². The monoisotopic (exact) mass is 128 g/mol. The van der Waals surface area contributed by atoms with Crippen molar-refractivity contribution in [3.05, 3.63) is 0 Å². The zero-order valence-corrected chi connectivity index (χ0v) is 5.63. The third-order valence-corrected chi connectivity index (χ3v) is 1.14. The van der Waals surface area contributed by atoms with E-state index in [4.69, 9.17) is 10.5 Å². The fourth-order valence-corrected chi connectivity index (χ4v) is 0.778. The Bertz CT molecular complexity index is 120. The highest BCUT2D eigenvalue weighted by molar-refractivity contribution is 5.77. The molecule has 9 heavy (non-hydrogen) atoms. The lowest BCUT2D eigenvalue weighted by Crippen LogP contribution is -2.19. The summed E-state index contributed by atoms with van der Waals surface area (Å²) >= 11 is 0. The summed E-state index contributed by atoms with van der Waals surface area (Å²) in [5.74, 6) is 0.824. The maximum Gasteiger partial charge on any atom is 0.184 e. The van der Waals surface area contributed by atoms with E-state index in [1.807, 2.05) is 6.92 Å². The van der Waals surface area contributed by atoms with E-state index in [0.29, 0.717) is 0 Å². The number of ether oxygens (including phenoxy) is 1. The molecule has 3 heteroatoms. The summed E-state index contributed by atoms with van der Waals surface area (Å²) in [4.78, 5) is 4.09. The van der Waals surface area contributed by atoms with E-state index in [-0.39, 0.29) is 6.04 Å². The van der Waals surface area contributed by atoms with E-state index >= 15 is 0 Å². The summed E-state index contributed by atoms with van der Waals surface area (Å²) in [6, 6.07) is 0.168. The van der Waals surface area contributed by atoms with Gasteiger partial charge in [-0.1, -0.05) is 0 Å². The molecular formula is C6H12N2O. The standard InChI is InChI=1S/C6H12N2O/c1-5(7)4-6-8-2-3-9-6/h5H,2-4,7H2,1H3. The molecule has 0 radical (unpaired) electrons. The van der Waals surface area contributed by atoms with Crippen LogP contribution in [-0.2, 0) is 4.74 Å². The van der Waals surface area contributed by atoms with Crippen molar-refractivity contribution in [3.8, 4) is 0 Å². The first-order valence-corrected chi connectivity index (χ1v) is 3.21. The van der Waals surface area contributed by atoms with Crippen molar-refractivity contribution in [3.63, 3.8) is 0 Å². The fraction of sp³-hybridized carbons (Fsp3) is 0.833. The number of hydrogen-bond acceptors (Lipinski definition) is 3. The highest BCUT2D eigenvalue weighted by Gasteiger charge is 2.08. The van der Waals surface area contributed by atoms with Crippen LogP contribution in [0.25, 0.3) is 0 Å². The van der Waals surface area contributed by atoms with Gasteiger partial charge in [0, 0.05) is 12.5 Å². The van der Waals surface area contributed by atoms with Crippen LogP contribution in [0.4, 0.5) is 0 Å². The van der Waals surface area contributed by atoms with Gasteiger partial charge >= 0.3 is 0 Å². The molecule has 0 aromatic heterocycles. The molecule has 0 saturated heterocycles. The smallest absolute Gasteiger partial charge is 0.184 e. The Balaban J connectivity index is 2.26. The molecule has 1 aliphatic heterocycles. The zero-order valence-electron chi connectivity index (χ0n) is 5.63. The van der Waals surface area contributed by atoms with E-state index in [9.17, 15) is 0 Å². The normalized spacial score (nSPS) is 20.9. The van der Waals surface area contributed by atoms with Gasteiger partial charge in [0.15, 0.2) is 5.90 Å². The Hall–Kier alpha value is -0.570. The summed E-state index contributed by atoms with van der Waals surface area (Å²) in [6.07, 6.45) is 0.778. The van der Waals surface area contributed by atoms with Crippen molar-refractivity contribution in [2.24, 2.45) is 10.7 Å². The summed E-state index contributed by atoms with van der Waals surface area (Å²) < 4.78 is 5.13. The van der Waals surface area contributed by atoms with Gasteiger partial charge in [0.25, 0.3) is 0 Å². The fourth-order valence-electron chi connectivity index (χ4n) is 0.778. The summed E-state index contributed by atoms with van der Waals surface area (Å²) in [6.45, 7) is 3.49. The summed E-state index contributed by atoms with van der Waals surface area (Å²) in [5.41, 5.74) is 5.51. The van der Waals surface area contributed by atoms with Crippen molar-refractivity contribution in [2.45, 2.75) is 19.4 Å². The van der Waals surface area contributed by atoms with E-state index in [2.05, 4.69) is 4.99 Å². The summed E-state index contributed by atoms with van der Waals surface area (Å²) in [7, 11) is 0. The Morgan fingerprint density at radius 2 is 2.67 bits per heavy atom. The highest BCUT2D eigenvalue weighted by atomic mass is 16.5. The molecule has 1 unspecified atom stereocenters. The molecule has 1 heterocycles. The van der Waals surface area contributed by atoms with Crippen molar-refractivity contribution >= 4 is 5.90 Å². The van der Waals surface area contributed by atoms with Crippen LogP contribution in [0.5, 0.6) is 0 Å². The Morgan fingerprint density at radius 3 is 3.11 bits per heavy atom. The highest BCUT2D eigenvalue weighted by Crippen LogP contribution is 1.99. The zero-order chi connectivity index (χ0) is 6.69. The van der Waals surface area contributed by atoms with Gasteiger partial charge in [0.1, 0.15) is 6.61 Å². The number of rotatable bonds is 2.